The summed E-state index contributed by atoms with van der Waals surface area (Å²) < 4.78 is 3.45. The van der Waals surface area contributed by atoms with Crippen LogP contribution < -0.4 is 0 Å². The zero-order valence-electron chi connectivity index (χ0n) is 13.1. The minimum Gasteiger partial charge on any atom is -0.334 e. The third-order valence-corrected chi connectivity index (χ3v) is 4.32. The predicted molar refractivity (Wildman–Crippen MR) is 85.4 cm³/mol. The van der Waals surface area contributed by atoms with Gasteiger partial charge in [0, 0.05) is 24.5 Å². The van der Waals surface area contributed by atoms with Crippen molar-refractivity contribution in [1.29, 1.82) is 0 Å². The third-order valence-electron chi connectivity index (χ3n) is 4.32. The van der Waals surface area contributed by atoms with Crippen molar-refractivity contribution in [2.24, 2.45) is 0 Å². The van der Waals surface area contributed by atoms with Gasteiger partial charge in [0.15, 0.2) is 0 Å². The lowest BCUT2D eigenvalue weighted by Gasteiger charge is -2.25. The number of carbonyl (C=O) groups excluding carboxylic acids is 1. The van der Waals surface area contributed by atoms with E-state index in [-0.39, 0.29) is 11.9 Å². The van der Waals surface area contributed by atoms with Crippen molar-refractivity contribution in [3.8, 4) is 5.69 Å². The summed E-state index contributed by atoms with van der Waals surface area (Å²) in [7, 11) is 0. The second-order valence-electron chi connectivity index (χ2n) is 5.82. The fourth-order valence-electron chi connectivity index (χ4n) is 3.12. The molecule has 122 valence electrons. The van der Waals surface area contributed by atoms with Crippen LogP contribution in [0.5, 0.6) is 0 Å². The number of hydrogen-bond acceptors (Lipinski definition) is 5. The smallest absolute Gasteiger partial charge is 0.254 e. The highest BCUT2D eigenvalue weighted by Crippen LogP contribution is 2.22. The molecule has 1 aliphatic heterocycles. The Hall–Kier alpha value is -3.03. The Bertz CT molecular complexity index is 796. The first-order valence-corrected chi connectivity index (χ1v) is 7.93. The molecule has 0 N–H and O–H groups in total. The van der Waals surface area contributed by atoms with Gasteiger partial charge in [0.25, 0.3) is 5.91 Å². The van der Waals surface area contributed by atoms with E-state index in [0.29, 0.717) is 5.56 Å². The zero-order chi connectivity index (χ0) is 16.4. The minimum absolute atomic E-state index is 0.0629. The first kappa shape index (κ1) is 14.6. The number of amides is 1. The van der Waals surface area contributed by atoms with Crippen molar-refractivity contribution < 1.29 is 4.79 Å². The largest absolute Gasteiger partial charge is 0.334 e. The highest BCUT2D eigenvalue weighted by molar-refractivity contribution is 5.94. The number of hydrogen-bond donors (Lipinski definition) is 0. The van der Waals surface area contributed by atoms with Gasteiger partial charge in [0.2, 0.25) is 0 Å². The molecule has 1 unspecified atom stereocenters. The number of benzene rings is 1. The fourth-order valence-corrected chi connectivity index (χ4v) is 3.12. The van der Waals surface area contributed by atoms with Gasteiger partial charge in [-0.2, -0.15) is 5.10 Å². The molecule has 1 fully saturated rings. The van der Waals surface area contributed by atoms with E-state index in [1.54, 1.807) is 10.9 Å². The Morgan fingerprint density at radius 1 is 1.25 bits per heavy atom. The van der Waals surface area contributed by atoms with Crippen LogP contribution in [0.15, 0.2) is 49.1 Å². The monoisotopic (exact) mass is 323 g/mol. The molecule has 0 spiro atoms. The molecule has 1 amide bonds. The van der Waals surface area contributed by atoms with E-state index in [0.717, 1.165) is 31.6 Å². The second-order valence-corrected chi connectivity index (χ2v) is 5.82. The van der Waals surface area contributed by atoms with Gasteiger partial charge in [0.1, 0.15) is 6.33 Å². The molecule has 3 aromatic rings. The maximum Gasteiger partial charge on any atom is 0.254 e. The molecule has 0 saturated carbocycles. The van der Waals surface area contributed by atoms with Crippen molar-refractivity contribution in [2.75, 3.05) is 6.54 Å². The average molecular weight is 323 g/mol. The van der Waals surface area contributed by atoms with E-state index in [2.05, 4.69) is 20.6 Å². The molecule has 8 heteroatoms. The molecule has 0 aliphatic carbocycles. The summed E-state index contributed by atoms with van der Waals surface area (Å²) in [5, 5.41) is 15.3. The average Bonchev–Trinajstić information content (AvgIpc) is 3.37. The molecule has 0 bridgehead atoms. The molecule has 1 aromatic carbocycles. The standard InChI is InChI=1S/C16H17N7O/c24-16(13-4-6-14(7-5-13)23-12-17-19-20-23)22-10-1-3-15(22)11-21-9-2-8-18-21/h2,4-9,12,15H,1,3,10-11H2. The Kier molecular flexibility index (Phi) is 3.78. The van der Waals surface area contributed by atoms with Crippen LogP contribution >= 0.6 is 0 Å². The predicted octanol–water partition coefficient (Wildman–Crippen LogP) is 1.16. The van der Waals surface area contributed by atoms with Gasteiger partial charge in [-0.05, 0) is 53.6 Å². The Morgan fingerprint density at radius 2 is 2.12 bits per heavy atom. The fraction of sp³-hybridized carbons (Fsp3) is 0.312. The highest BCUT2D eigenvalue weighted by atomic mass is 16.2. The number of carbonyl (C=O) groups is 1. The van der Waals surface area contributed by atoms with Crippen molar-refractivity contribution in [3.05, 3.63) is 54.6 Å². The van der Waals surface area contributed by atoms with Gasteiger partial charge in [-0.3, -0.25) is 9.48 Å². The van der Waals surface area contributed by atoms with E-state index < -0.39 is 0 Å². The summed E-state index contributed by atoms with van der Waals surface area (Å²) in [5.41, 5.74) is 1.50. The summed E-state index contributed by atoms with van der Waals surface area (Å²) in [6.07, 6.45) is 7.26. The van der Waals surface area contributed by atoms with Gasteiger partial charge in [-0.1, -0.05) is 0 Å². The molecule has 1 aliphatic rings. The van der Waals surface area contributed by atoms with E-state index in [1.165, 1.54) is 6.33 Å². The van der Waals surface area contributed by atoms with Crippen LogP contribution in [0, 0.1) is 0 Å². The summed E-state index contributed by atoms with van der Waals surface area (Å²) in [6.45, 7) is 1.53. The molecular formula is C16H17N7O. The van der Waals surface area contributed by atoms with E-state index in [1.807, 2.05) is 46.1 Å². The molecular weight excluding hydrogens is 306 g/mol. The zero-order valence-corrected chi connectivity index (χ0v) is 13.1. The highest BCUT2D eigenvalue weighted by Gasteiger charge is 2.29. The first-order chi connectivity index (χ1) is 11.8. The van der Waals surface area contributed by atoms with Crippen LogP contribution in [0.4, 0.5) is 0 Å². The van der Waals surface area contributed by atoms with Gasteiger partial charge < -0.3 is 4.90 Å². The molecule has 24 heavy (non-hydrogen) atoms. The van der Waals surface area contributed by atoms with E-state index in [9.17, 15) is 4.79 Å². The molecule has 1 saturated heterocycles. The van der Waals surface area contributed by atoms with Crippen molar-refractivity contribution in [3.63, 3.8) is 0 Å². The second kappa shape index (κ2) is 6.23. The van der Waals surface area contributed by atoms with Crippen molar-refractivity contribution >= 4 is 5.91 Å². The van der Waals surface area contributed by atoms with E-state index in [4.69, 9.17) is 0 Å². The lowest BCUT2D eigenvalue weighted by molar-refractivity contribution is 0.0721. The first-order valence-electron chi connectivity index (χ1n) is 7.93. The van der Waals surface area contributed by atoms with Gasteiger partial charge >= 0.3 is 0 Å². The minimum atomic E-state index is 0.0629. The van der Waals surface area contributed by atoms with Crippen molar-refractivity contribution in [1.82, 2.24) is 34.9 Å². The molecule has 2 aromatic heterocycles. The molecule has 3 heterocycles. The normalized spacial score (nSPS) is 17.3. The Balaban J connectivity index is 1.50. The number of rotatable bonds is 4. The van der Waals surface area contributed by atoms with Gasteiger partial charge in [-0.25, -0.2) is 4.68 Å². The van der Waals surface area contributed by atoms with Crippen LogP contribution in [-0.2, 0) is 6.54 Å². The number of tetrazole rings is 1. The molecule has 4 rings (SSSR count). The summed E-state index contributed by atoms with van der Waals surface area (Å²) >= 11 is 0. The summed E-state index contributed by atoms with van der Waals surface area (Å²) in [5.74, 6) is 0.0629. The summed E-state index contributed by atoms with van der Waals surface area (Å²) in [4.78, 5) is 14.8. The van der Waals surface area contributed by atoms with E-state index >= 15 is 0 Å². The Morgan fingerprint density at radius 3 is 2.83 bits per heavy atom. The van der Waals surface area contributed by atoms with Crippen LogP contribution in [0.25, 0.3) is 5.69 Å². The van der Waals surface area contributed by atoms with Crippen LogP contribution in [-0.4, -0.2) is 53.4 Å². The quantitative estimate of drug-likeness (QED) is 0.720. The third kappa shape index (κ3) is 2.78. The lowest BCUT2D eigenvalue weighted by atomic mass is 10.1. The molecule has 8 nitrogen and oxygen atoms in total. The number of nitrogens with zero attached hydrogens (tertiary/aromatic N) is 7. The maximum atomic E-state index is 12.8. The lowest BCUT2D eigenvalue weighted by Crippen LogP contribution is -2.38. The van der Waals surface area contributed by atoms with Gasteiger partial charge in [-0.15, -0.1) is 5.10 Å². The van der Waals surface area contributed by atoms with Crippen LogP contribution in [0.1, 0.15) is 23.2 Å². The molecule has 0 radical (unpaired) electrons. The van der Waals surface area contributed by atoms with Crippen LogP contribution in [0.2, 0.25) is 0 Å². The topological polar surface area (TPSA) is 81.7 Å². The number of likely N-dealkylation sites (tertiary alicyclic amines) is 1. The Labute approximate surface area is 138 Å². The van der Waals surface area contributed by atoms with Crippen LogP contribution in [0.3, 0.4) is 0 Å². The summed E-state index contributed by atoms with van der Waals surface area (Å²) in [6, 6.07) is 9.44. The van der Waals surface area contributed by atoms with Crippen molar-refractivity contribution in [2.45, 2.75) is 25.4 Å². The number of aromatic nitrogens is 6. The maximum absolute atomic E-state index is 12.8. The molecule has 1 atom stereocenters. The SMILES string of the molecule is O=C(c1ccc(-n2cnnn2)cc1)N1CCCC1Cn1cccn1. The van der Waals surface area contributed by atoms with Gasteiger partial charge in [0.05, 0.1) is 18.3 Å².